The number of para-hydroxylation sites is 1. The summed E-state index contributed by atoms with van der Waals surface area (Å²) in [6.07, 6.45) is 0. The number of ether oxygens (including phenoxy) is 2. The maximum atomic E-state index is 5.43. The van der Waals surface area contributed by atoms with E-state index < -0.39 is 0 Å². The zero-order chi connectivity index (χ0) is 13.7. The van der Waals surface area contributed by atoms with Crippen LogP contribution in [0, 0.1) is 0 Å². The zero-order valence-electron chi connectivity index (χ0n) is 11.5. The van der Waals surface area contributed by atoms with Gasteiger partial charge in [0.1, 0.15) is 0 Å². The molecule has 2 aromatic rings. The van der Waals surface area contributed by atoms with Crippen molar-refractivity contribution in [3.8, 4) is 11.5 Å². The Balaban J connectivity index is 2.07. The van der Waals surface area contributed by atoms with E-state index in [9.17, 15) is 0 Å². The highest BCUT2D eigenvalue weighted by molar-refractivity contribution is 7.10. The summed E-state index contributed by atoms with van der Waals surface area (Å²) >= 11 is 1.77. The molecule has 0 radical (unpaired) electrons. The van der Waals surface area contributed by atoms with Gasteiger partial charge in [-0.3, -0.25) is 0 Å². The van der Waals surface area contributed by atoms with Crippen LogP contribution in [0.2, 0.25) is 0 Å². The molecule has 2 rings (SSSR count). The quantitative estimate of drug-likeness (QED) is 0.875. The third-order valence-corrected chi connectivity index (χ3v) is 4.11. The maximum Gasteiger partial charge on any atom is 0.165 e. The highest BCUT2D eigenvalue weighted by Gasteiger charge is 2.11. The van der Waals surface area contributed by atoms with Gasteiger partial charge in [0.15, 0.2) is 11.5 Å². The molecule has 19 heavy (non-hydrogen) atoms. The van der Waals surface area contributed by atoms with Crippen molar-refractivity contribution in [2.24, 2.45) is 0 Å². The molecule has 1 heterocycles. The first kappa shape index (κ1) is 13.9. The van der Waals surface area contributed by atoms with E-state index >= 15 is 0 Å². The van der Waals surface area contributed by atoms with E-state index in [-0.39, 0.29) is 0 Å². The van der Waals surface area contributed by atoms with Crippen LogP contribution in [0.3, 0.4) is 0 Å². The van der Waals surface area contributed by atoms with E-state index in [0.29, 0.717) is 6.04 Å². The van der Waals surface area contributed by atoms with Crippen molar-refractivity contribution in [1.82, 2.24) is 5.32 Å². The van der Waals surface area contributed by atoms with Crippen LogP contribution < -0.4 is 14.8 Å². The predicted octanol–water partition coefficient (Wildman–Crippen LogP) is 3.62. The smallest absolute Gasteiger partial charge is 0.165 e. The Hall–Kier alpha value is -1.52. The van der Waals surface area contributed by atoms with Gasteiger partial charge in [-0.15, -0.1) is 11.3 Å². The first-order chi connectivity index (χ1) is 9.26. The van der Waals surface area contributed by atoms with E-state index in [1.54, 1.807) is 25.6 Å². The van der Waals surface area contributed by atoms with Gasteiger partial charge in [-0.25, -0.2) is 0 Å². The Morgan fingerprint density at radius 1 is 1.16 bits per heavy atom. The zero-order valence-corrected chi connectivity index (χ0v) is 12.3. The molecular formula is C15H19NO2S. The van der Waals surface area contributed by atoms with Gasteiger partial charge in [0.25, 0.3) is 0 Å². The maximum absolute atomic E-state index is 5.43. The Morgan fingerprint density at radius 2 is 2.00 bits per heavy atom. The minimum absolute atomic E-state index is 0.330. The second-order valence-electron chi connectivity index (χ2n) is 4.27. The fourth-order valence-corrected chi connectivity index (χ4v) is 2.75. The summed E-state index contributed by atoms with van der Waals surface area (Å²) in [6, 6.07) is 10.5. The van der Waals surface area contributed by atoms with E-state index in [4.69, 9.17) is 9.47 Å². The van der Waals surface area contributed by atoms with Crippen LogP contribution in [-0.4, -0.2) is 14.2 Å². The summed E-state index contributed by atoms with van der Waals surface area (Å²) < 4.78 is 10.7. The lowest BCUT2D eigenvalue weighted by Crippen LogP contribution is -2.17. The monoisotopic (exact) mass is 277 g/mol. The molecule has 0 saturated heterocycles. The third-order valence-electron chi connectivity index (χ3n) is 3.05. The van der Waals surface area contributed by atoms with Crippen molar-refractivity contribution in [2.75, 3.05) is 14.2 Å². The normalized spacial score (nSPS) is 12.2. The van der Waals surface area contributed by atoms with Crippen LogP contribution >= 0.6 is 11.3 Å². The fourth-order valence-electron chi connectivity index (χ4n) is 1.99. The van der Waals surface area contributed by atoms with Crippen molar-refractivity contribution >= 4 is 11.3 Å². The minimum Gasteiger partial charge on any atom is -0.493 e. The minimum atomic E-state index is 0.330. The molecular weight excluding hydrogens is 258 g/mol. The first-order valence-corrected chi connectivity index (χ1v) is 7.11. The number of rotatable bonds is 6. The van der Waals surface area contributed by atoms with Gasteiger partial charge in [0.05, 0.1) is 14.2 Å². The van der Waals surface area contributed by atoms with E-state index in [2.05, 4.69) is 35.8 Å². The third kappa shape index (κ3) is 3.28. The molecule has 1 aromatic heterocycles. The van der Waals surface area contributed by atoms with Gasteiger partial charge < -0.3 is 14.8 Å². The molecule has 0 spiro atoms. The van der Waals surface area contributed by atoms with Gasteiger partial charge in [-0.05, 0) is 24.4 Å². The van der Waals surface area contributed by atoms with Crippen LogP contribution in [0.5, 0.6) is 11.5 Å². The number of thiophene rings is 1. The summed E-state index contributed by atoms with van der Waals surface area (Å²) in [5, 5.41) is 5.60. The molecule has 0 amide bonds. The Labute approximate surface area is 118 Å². The van der Waals surface area contributed by atoms with Crippen LogP contribution in [0.1, 0.15) is 23.4 Å². The molecule has 0 saturated carbocycles. The average molecular weight is 277 g/mol. The lowest BCUT2D eigenvalue weighted by molar-refractivity contribution is 0.350. The predicted molar refractivity (Wildman–Crippen MR) is 79.1 cm³/mol. The molecule has 0 fully saturated rings. The SMILES string of the molecule is COc1cccc(CN[C@H](C)c2cccs2)c1OC. The lowest BCUT2D eigenvalue weighted by Gasteiger charge is -2.16. The molecule has 3 nitrogen and oxygen atoms in total. The number of nitrogens with one attached hydrogen (secondary N) is 1. The van der Waals surface area contributed by atoms with Crippen molar-refractivity contribution in [3.05, 3.63) is 46.2 Å². The fraction of sp³-hybridized carbons (Fsp3) is 0.333. The molecule has 1 atom stereocenters. The van der Waals surface area contributed by atoms with Crippen molar-refractivity contribution in [1.29, 1.82) is 0 Å². The van der Waals surface area contributed by atoms with Crippen molar-refractivity contribution in [2.45, 2.75) is 19.5 Å². The summed E-state index contributed by atoms with van der Waals surface area (Å²) in [5.41, 5.74) is 1.10. The number of benzene rings is 1. The summed E-state index contributed by atoms with van der Waals surface area (Å²) in [6.45, 7) is 2.91. The number of hydrogen-bond acceptors (Lipinski definition) is 4. The van der Waals surface area contributed by atoms with Gasteiger partial charge in [0, 0.05) is 23.0 Å². The molecule has 1 aromatic carbocycles. The average Bonchev–Trinajstić information content (AvgIpc) is 2.98. The van der Waals surface area contributed by atoms with Crippen molar-refractivity contribution < 1.29 is 9.47 Å². The highest BCUT2D eigenvalue weighted by Crippen LogP contribution is 2.31. The standard InChI is InChI=1S/C15H19NO2S/c1-11(14-8-5-9-19-14)16-10-12-6-4-7-13(17-2)15(12)18-3/h4-9,11,16H,10H2,1-3H3/t11-/m1/s1. The summed E-state index contributed by atoms with van der Waals surface area (Å²) in [4.78, 5) is 1.34. The lowest BCUT2D eigenvalue weighted by atomic mass is 10.1. The molecule has 0 aliphatic heterocycles. The summed E-state index contributed by atoms with van der Waals surface area (Å²) in [5.74, 6) is 1.57. The Bertz CT molecular complexity index is 511. The molecule has 0 aliphatic rings. The van der Waals surface area contributed by atoms with Gasteiger partial charge in [-0.1, -0.05) is 18.2 Å². The number of methoxy groups -OCH3 is 2. The van der Waals surface area contributed by atoms with E-state index in [1.165, 1.54) is 4.88 Å². The van der Waals surface area contributed by atoms with Crippen LogP contribution in [0.25, 0.3) is 0 Å². The highest BCUT2D eigenvalue weighted by atomic mass is 32.1. The molecule has 1 N–H and O–H groups in total. The molecule has 4 heteroatoms. The molecule has 102 valence electrons. The summed E-state index contributed by atoms with van der Waals surface area (Å²) in [7, 11) is 3.33. The molecule has 0 bridgehead atoms. The topological polar surface area (TPSA) is 30.5 Å². The van der Waals surface area contributed by atoms with Gasteiger partial charge in [-0.2, -0.15) is 0 Å². The van der Waals surface area contributed by atoms with Gasteiger partial charge in [0.2, 0.25) is 0 Å². The second kappa shape index (κ2) is 6.59. The Morgan fingerprint density at radius 3 is 2.63 bits per heavy atom. The molecule has 0 unspecified atom stereocenters. The second-order valence-corrected chi connectivity index (χ2v) is 5.25. The van der Waals surface area contributed by atoms with E-state index in [1.807, 2.05) is 12.1 Å². The number of hydrogen-bond donors (Lipinski definition) is 1. The first-order valence-electron chi connectivity index (χ1n) is 6.23. The van der Waals surface area contributed by atoms with E-state index in [0.717, 1.165) is 23.6 Å². The Kier molecular flexibility index (Phi) is 4.82. The largest absolute Gasteiger partial charge is 0.493 e. The molecule has 0 aliphatic carbocycles. The van der Waals surface area contributed by atoms with Crippen LogP contribution in [0.15, 0.2) is 35.7 Å². The van der Waals surface area contributed by atoms with Gasteiger partial charge >= 0.3 is 0 Å². The van der Waals surface area contributed by atoms with Crippen LogP contribution in [-0.2, 0) is 6.54 Å². The van der Waals surface area contributed by atoms with Crippen LogP contribution in [0.4, 0.5) is 0 Å². The van der Waals surface area contributed by atoms with Crippen molar-refractivity contribution in [3.63, 3.8) is 0 Å².